The van der Waals surface area contributed by atoms with Crippen LogP contribution in [0.1, 0.15) is 38.2 Å². The van der Waals surface area contributed by atoms with Crippen LogP contribution in [0.4, 0.5) is 0 Å². The lowest BCUT2D eigenvalue weighted by atomic mass is 9.74. The van der Waals surface area contributed by atoms with Gasteiger partial charge in [0.05, 0.1) is 14.2 Å². The number of hydrogen-bond acceptors (Lipinski definition) is 3. The van der Waals surface area contributed by atoms with Crippen LogP contribution in [0.2, 0.25) is 0 Å². The number of rotatable bonds is 3. The van der Waals surface area contributed by atoms with E-state index >= 15 is 0 Å². The highest BCUT2D eigenvalue weighted by atomic mass is 16.5. The van der Waals surface area contributed by atoms with Crippen molar-refractivity contribution in [2.45, 2.75) is 38.1 Å². The zero-order valence-corrected chi connectivity index (χ0v) is 11.5. The van der Waals surface area contributed by atoms with Crippen LogP contribution in [0.3, 0.4) is 0 Å². The number of benzene rings is 1. The predicted octanol–water partition coefficient (Wildman–Crippen LogP) is 3.07. The van der Waals surface area contributed by atoms with Gasteiger partial charge in [0.15, 0.2) is 11.5 Å². The molecule has 100 valence electrons. The van der Waals surface area contributed by atoms with Gasteiger partial charge >= 0.3 is 0 Å². The summed E-state index contributed by atoms with van der Waals surface area (Å²) in [5.41, 5.74) is 7.52. The highest BCUT2D eigenvalue weighted by Gasteiger charge is 2.32. The second-order valence-electron chi connectivity index (χ2n) is 5.41. The van der Waals surface area contributed by atoms with Gasteiger partial charge in [-0.3, -0.25) is 0 Å². The van der Waals surface area contributed by atoms with Crippen LogP contribution < -0.4 is 15.2 Å². The van der Waals surface area contributed by atoms with Gasteiger partial charge in [-0.25, -0.2) is 0 Å². The third-order valence-electron chi connectivity index (χ3n) is 4.12. The van der Waals surface area contributed by atoms with E-state index in [1.54, 1.807) is 14.2 Å². The summed E-state index contributed by atoms with van der Waals surface area (Å²) < 4.78 is 10.6. The van der Waals surface area contributed by atoms with Crippen molar-refractivity contribution in [2.24, 2.45) is 11.7 Å². The van der Waals surface area contributed by atoms with Gasteiger partial charge in [0, 0.05) is 5.54 Å². The maximum Gasteiger partial charge on any atom is 0.161 e. The fraction of sp³-hybridized carbons (Fsp3) is 0.600. The minimum Gasteiger partial charge on any atom is -0.493 e. The number of ether oxygens (including phenoxy) is 2. The molecule has 0 amide bonds. The van der Waals surface area contributed by atoms with Crippen LogP contribution in [0.5, 0.6) is 11.5 Å². The van der Waals surface area contributed by atoms with E-state index in [0.29, 0.717) is 0 Å². The van der Waals surface area contributed by atoms with Crippen molar-refractivity contribution in [1.82, 2.24) is 0 Å². The molecule has 0 radical (unpaired) electrons. The summed E-state index contributed by atoms with van der Waals surface area (Å²) in [4.78, 5) is 0. The Morgan fingerprint density at radius 2 is 1.72 bits per heavy atom. The Bertz CT molecular complexity index is 409. The third kappa shape index (κ3) is 2.46. The Morgan fingerprint density at radius 3 is 2.28 bits per heavy atom. The van der Waals surface area contributed by atoms with Gasteiger partial charge in [-0.15, -0.1) is 0 Å². The maximum absolute atomic E-state index is 6.56. The van der Waals surface area contributed by atoms with Gasteiger partial charge in [-0.2, -0.15) is 0 Å². The molecular formula is C15H23NO2. The molecule has 1 aromatic carbocycles. The molecule has 0 unspecified atom stereocenters. The fourth-order valence-corrected chi connectivity index (χ4v) is 2.71. The smallest absolute Gasteiger partial charge is 0.161 e. The molecule has 0 bridgehead atoms. The summed E-state index contributed by atoms with van der Waals surface area (Å²) in [5, 5.41) is 0. The van der Waals surface area contributed by atoms with E-state index in [9.17, 15) is 0 Å². The van der Waals surface area contributed by atoms with E-state index in [0.717, 1.165) is 35.8 Å². The number of methoxy groups -OCH3 is 2. The summed E-state index contributed by atoms with van der Waals surface area (Å²) >= 11 is 0. The molecule has 1 fully saturated rings. The topological polar surface area (TPSA) is 44.5 Å². The average Bonchev–Trinajstić information content (AvgIpc) is 2.41. The molecule has 0 spiro atoms. The first-order chi connectivity index (χ1) is 8.59. The lowest BCUT2D eigenvalue weighted by Crippen LogP contribution is -2.40. The molecule has 0 aliphatic heterocycles. The molecule has 0 saturated heterocycles. The standard InChI is InChI=1S/C15H23NO2/c1-11-6-8-15(16,9-7-11)12-4-5-13(17-2)14(10-12)18-3/h4-5,10-11H,6-9,16H2,1-3H3. The minimum atomic E-state index is -0.202. The molecule has 1 aliphatic rings. The monoisotopic (exact) mass is 249 g/mol. The molecule has 0 heterocycles. The molecule has 1 aromatic rings. The first-order valence-electron chi connectivity index (χ1n) is 6.60. The zero-order chi connectivity index (χ0) is 13.2. The van der Waals surface area contributed by atoms with Crippen LogP contribution in [-0.2, 0) is 5.54 Å². The van der Waals surface area contributed by atoms with Crippen molar-refractivity contribution in [3.8, 4) is 11.5 Å². The Balaban J connectivity index is 2.27. The highest BCUT2D eigenvalue weighted by molar-refractivity contribution is 5.45. The predicted molar refractivity (Wildman–Crippen MR) is 73.0 cm³/mol. The normalized spacial score (nSPS) is 27.9. The van der Waals surface area contributed by atoms with Gasteiger partial charge in [-0.05, 0) is 49.3 Å². The third-order valence-corrected chi connectivity index (χ3v) is 4.12. The molecule has 2 rings (SSSR count). The van der Waals surface area contributed by atoms with Crippen molar-refractivity contribution in [3.05, 3.63) is 23.8 Å². The Labute approximate surface area is 109 Å². The van der Waals surface area contributed by atoms with Gasteiger partial charge in [0.1, 0.15) is 0 Å². The van der Waals surface area contributed by atoms with Crippen molar-refractivity contribution < 1.29 is 9.47 Å². The molecule has 3 nitrogen and oxygen atoms in total. The Kier molecular flexibility index (Phi) is 3.81. The van der Waals surface area contributed by atoms with Crippen LogP contribution in [0.15, 0.2) is 18.2 Å². The fourth-order valence-electron chi connectivity index (χ4n) is 2.71. The summed E-state index contributed by atoms with van der Waals surface area (Å²) in [5.74, 6) is 2.31. The van der Waals surface area contributed by atoms with E-state index in [4.69, 9.17) is 15.2 Å². The van der Waals surface area contributed by atoms with Gasteiger partial charge in [0.25, 0.3) is 0 Å². The van der Waals surface area contributed by atoms with Gasteiger partial charge < -0.3 is 15.2 Å². The Morgan fingerprint density at radius 1 is 1.11 bits per heavy atom. The van der Waals surface area contributed by atoms with Crippen molar-refractivity contribution in [2.75, 3.05) is 14.2 Å². The average molecular weight is 249 g/mol. The number of hydrogen-bond donors (Lipinski definition) is 1. The zero-order valence-electron chi connectivity index (χ0n) is 11.5. The van der Waals surface area contributed by atoms with Crippen LogP contribution in [0.25, 0.3) is 0 Å². The van der Waals surface area contributed by atoms with Crippen molar-refractivity contribution in [1.29, 1.82) is 0 Å². The number of nitrogens with two attached hydrogens (primary N) is 1. The summed E-state index contributed by atoms with van der Waals surface area (Å²) in [6.07, 6.45) is 4.49. The Hall–Kier alpha value is -1.22. The maximum atomic E-state index is 6.56. The lowest BCUT2D eigenvalue weighted by Gasteiger charge is -2.36. The SMILES string of the molecule is COc1ccc(C2(N)CCC(C)CC2)cc1OC. The molecule has 1 saturated carbocycles. The molecule has 3 heteroatoms. The molecular weight excluding hydrogens is 226 g/mol. The summed E-state index contributed by atoms with van der Waals surface area (Å²) in [6, 6.07) is 6.03. The van der Waals surface area contributed by atoms with E-state index in [2.05, 4.69) is 13.0 Å². The van der Waals surface area contributed by atoms with E-state index in [-0.39, 0.29) is 5.54 Å². The van der Waals surface area contributed by atoms with Crippen molar-refractivity contribution in [3.63, 3.8) is 0 Å². The first-order valence-corrected chi connectivity index (χ1v) is 6.60. The molecule has 2 N–H and O–H groups in total. The largest absolute Gasteiger partial charge is 0.493 e. The lowest BCUT2D eigenvalue weighted by molar-refractivity contribution is 0.247. The molecule has 1 aliphatic carbocycles. The van der Waals surface area contributed by atoms with Crippen molar-refractivity contribution >= 4 is 0 Å². The highest BCUT2D eigenvalue weighted by Crippen LogP contribution is 2.40. The molecule has 18 heavy (non-hydrogen) atoms. The van der Waals surface area contributed by atoms with E-state index < -0.39 is 0 Å². The minimum absolute atomic E-state index is 0.202. The summed E-state index contributed by atoms with van der Waals surface area (Å²) in [7, 11) is 3.31. The second kappa shape index (κ2) is 5.19. The second-order valence-corrected chi connectivity index (χ2v) is 5.41. The quantitative estimate of drug-likeness (QED) is 0.895. The first kappa shape index (κ1) is 13.2. The molecule has 0 aromatic heterocycles. The van der Waals surface area contributed by atoms with Crippen LogP contribution in [0, 0.1) is 5.92 Å². The van der Waals surface area contributed by atoms with E-state index in [1.165, 1.54) is 12.8 Å². The van der Waals surface area contributed by atoms with Crippen LogP contribution in [-0.4, -0.2) is 14.2 Å². The molecule has 0 atom stereocenters. The van der Waals surface area contributed by atoms with Gasteiger partial charge in [-0.1, -0.05) is 13.0 Å². The summed E-state index contributed by atoms with van der Waals surface area (Å²) in [6.45, 7) is 2.30. The van der Waals surface area contributed by atoms with Crippen LogP contribution >= 0.6 is 0 Å². The van der Waals surface area contributed by atoms with E-state index in [1.807, 2.05) is 12.1 Å². The van der Waals surface area contributed by atoms with Gasteiger partial charge in [0.2, 0.25) is 0 Å².